The van der Waals surface area contributed by atoms with Crippen LogP contribution in [-0.4, -0.2) is 30.8 Å². The molecule has 0 aliphatic carbocycles. The van der Waals surface area contributed by atoms with Crippen LogP contribution < -0.4 is 5.32 Å². The van der Waals surface area contributed by atoms with Crippen LogP contribution in [0.15, 0.2) is 65.8 Å². The lowest BCUT2D eigenvalue weighted by molar-refractivity contribution is -0.125. The van der Waals surface area contributed by atoms with E-state index in [9.17, 15) is 14.0 Å². The van der Waals surface area contributed by atoms with Gasteiger partial charge in [-0.25, -0.2) is 9.18 Å². The molecule has 1 aliphatic rings. The number of esters is 1. The van der Waals surface area contributed by atoms with Crippen molar-refractivity contribution in [1.82, 2.24) is 0 Å². The molecule has 7 heteroatoms. The molecule has 0 radical (unpaired) electrons. The molecule has 0 saturated heterocycles. The number of rotatable bonds is 4. The molecule has 6 nitrogen and oxygen atoms in total. The minimum Gasteiger partial charge on any atom is -0.465 e. The molecular formula is C22H17FN2O4. The monoisotopic (exact) mass is 392 g/mol. The Labute approximate surface area is 165 Å². The standard InChI is InChI=1S/C22H17FN2O4/c1-28-22(27)17-10-13-5-2-3-6-14(13)11-19(17)24-21(26)20-12-18(25-29-20)15-7-4-8-16(23)9-15/h2-11,20H,12H2,1H3,(H,24,26)/t20-/m1/s1. The molecule has 1 N–H and O–H groups in total. The summed E-state index contributed by atoms with van der Waals surface area (Å²) >= 11 is 0. The number of hydrogen-bond acceptors (Lipinski definition) is 5. The number of ether oxygens (including phenoxy) is 1. The fourth-order valence-electron chi connectivity index (χ4n) is 3.19. The fraction of sp³-hybridized carbons (Fsp3) is 0.136. The van der Waals surface area contributed by atoms with Gasteiger partial charge in [-0.2, -0.15) is 0 Å². The quantitative estimate of drug-likeness (QED) is 0.684. The summed E-state index contributed by atoms with van der Waals surface area (Å²) in [6, 6.07) is 16.8. The summed E-state index contributed by atoms with van der Waals surface area (Å²) in [5, 5.41) is 8.35. The molecule has 3 aromatic carbocycles. The number of carbonyl (C=O) groups is 2. The van der Waals surface area contributed by atoms with E-state index < -0.39 is 23.8 Å². The van der Waals surface area contributed by atoms with Crippen LogP contribution in [0, 0.1) is 5.82 Å². The maximum absolute atomic E-state index is 13.4. The number of halogens is 1. The van der Waals surface area contributed by atoms with Gasteiger partial charge in [0, 0.05) is 12.0 Å². The van der Waals surface area contributed by atoms with Crippen molar-refractivity contribution in [2.75, 3.05) is 12.4 Å². The number of methoxy groups -OCH3 is 1. The van der Waals surface area contributed by atoms with Crippen LogP contribution in [-0.2, 0) is 14.4 Å². The highest BCUT2D eigenvalue weighted by Crippen LogP contribution is 2.26. The summed E-state index contributed by atoms with van der Waals surface area (Å²) in [5.41, 5.74) is 1.60. The molecule has 0 aromatic heterocycles. The first kappa shape index (κ1) is 18.6. The lowest BCUT2D eigenvalue weighted by Gasteiger charge is -2.14. The number of anilines is 1. The smallest absolute Gasteiger partial charge is 0.339 e. The second kappa shape index (κ2) is 7.71. The highest BCUT2D eigenvalue weighted by Gasteiger charge is 2.30. The highest BCUT2D eigenvalue weighted by atomic mass is 19.1. The Balaban J connectivity index is 1.56. The van der Waals surface area contributed by atoms with Crippen LogP contribution in [0.1, 0.15) is 22.3 Å². The van der Waals surface area contributed by atoms with Gasteiger partial charge < -0.3 is 14.9 Å². The van der Waals surface area contributed by atoms with Crippen molar-refractivity contribution >= 4 is 34.0 Å². The summed E-state index contributed by atoms with van der Waals surface area (Å²) in [6.45, 7) is 0. The SMILES string of the molecule is COC(=O)c1cc2ccccc2cc1NC(=O)[C@H]1CC(c2cccc(F)c2)=NO1. The lowest BCUT2D eigenvalue weighted by atomic mass is 10.0. The highest BCUT2D eigenvalue weighted by molar-refractivity contribution is 6.09. The third-order valence-corrected chi connectivity index (χ3v) is 4.67. The number of amides is 1. The van der Waals surface area contributed by atoms with Crippen molar-refractivity contribution in [3.8, 4) is 0 Å². The van der Waals surface area contributed by atoms with Crippen LogP contribution in [0.4, 0.5) is 10.1 Å². The van der Waals surface area contributed by atoms with E-state index in [1.165, 1.54) is 19.2 Å². The maximum Gasteiger partial charge on any atom is 0.339 e. The topological polar surface area (TPSA) is 77.0 Å². The Bertz CT molecular complexity index is 1140. The van der Waals surface area contributed by atoms with Gasteiger partial charge in [0.25, 0.3) is 5.91 Å². The Hall–Kier alpha value is -3.74. The van der Waals surface area contributed by atoms with E-state index in [2.05, 4.69) is 10.5 Å². The molecule has 29 heavy (non-hydrogen) atoms. The largest absolute Gasteiger partial charge is 0.465 e. The number of hydrogen-bond donors (Lipinski definition) is 1. The number of oxime groups is 1. The predicted octanol–water partition coefficient (Wildman–Crippen LogP) is 3.90. The van der Waals surface area contributed by atoms with Crippen LogP contribution in [0.2, 0.25) is 0 Å². The first-order valence-corrected chi connectivity index (χ1v) is 8.96. The average molecular weight is 392 g/mol. The molecule has 1 atom stereocenters. The summed E-state index contributed by atoms with van der Waals surface area (Å²) < 4.78 is 18.3. The van der Waals surface area contributed by atoms with Crippen molar-refractivity contribution in [2.24, 2.45) is 5.16 Å². The van der Waals surface area contributed by atoms with Gasteiger partial charge in [-0.15, -0.1) is 0 Å². The van der Waals surface area contributed by atoms with Gasteiger partial charge in [-0.05, 0) is 35.0 Å². The number of carbonyl (C=O) groups excluding carboxylic acids is 2. The third-order valence-electron chi connectivity index (χ3n) is 4.67. The molecule has 0 bridgehead atoms. The van der Waals surface area contributed by atoms with Crippen molar-refractivity contribution in [1.29, 1.82) is 0 Å². The lowest BCUT2D eigenvalue weighted by Crippen LogP contribution is -2.28. The summed E-state index contributed by atoms with van der Waals surface area (Å²) in [5.74, 6) is -1.41. The molecule has 1 amide bonds. The minimum atomic E-state index is -0.884. The van der Waals surface area contributed by atoms with Crippen LogP contribution in [0.3, 0.4) is 0 Å². The van der Waals surface area contributed by atoms with Gasteiger partial charge >= 0.3 is 5.97 Å². The first-order valence-electron chi connectivity index (χ1n) is 8.96. The second-order valence-corrected chi connectivity index (χ2v) is 6.57. The Morgan fingerprint density at radius 2 is 1.86 bits per heavy atom. The molecular weight excluding hydrogens is 375 g/mol. The van der Waals surface area contributed by atoms with Gasteiger partial charge in [0.05, 0.1) is 24.1 Å². The van der Waals surface area contributed by atoms with E-state index in [1.54, 1.807) is 24.3 Å². The number of fused-ring (bicyclic) bond motifs is 1. The normalized spacial score (nSPS) is 15.5. The molecule has 0 unspecified atom stereocenters. The van der Waals surface area contributed by atoms with Crippen LogP contribution in [0.5, 0.6) is 0 Å². The van der Waals surface area contributed by atoms with E-state index in [1.807, 2.05) is 24.3 Å². The molecule has 146 valence electrons. The molecule has 4 rings (SSSR count). The van der Waals surface area contributed by atoms with Crippen molar-refractivity contribution in [3.05, 3.63) is 77.6 Å². The zero-order valence-electron chi connectivity index (χ0n) is 15.5. The predicted molar refractivity (Wildman–Crippen MR) is 106 cm³/mol. The van der Waals surface area contributed by atoms with Gasteiger partial charge in [-0.3, -0.25) is 4.79 Å². The van der Waals surface area contributed by atoms with Crippen molar-refractivity contribution < 1.29 is 23.6 Å². The van der Waals surface area contributed by atoms with E-state index in [0.29, 0.717) is 17.0 Å². The van der Waals surface area contributed by atoms with Gasteiger partial charge in [0.2, 0.25) is 6.10 Å². The summed E-state index contributed by atoms with van der Waals surface area (Å²) in [6.07, 6.45) is -0.693. The molecule has 1 heterocycles. The minimum absolute atomic E-state index is 0.191. The average Bonchev–Trinajstić information content (AvgIpc) is 3.23. The van der Waals surface area contributed by atoms with Crippen molar-refractivity contribution in [3.63, 3.8) is 0 Å². The Morgan fingerprint density at radius 3 is 2.59 bits per heavy atom. The van der Waals surface area contributed by atoms with Crippen LogP contribution in [0.25, 0.3) is 10.8 Å². The first-order chi connectivity index (χ1) is 14.0. The number of nitrogens with zero attached hydrogens (tertiary/aromatic N) is 1. The zero-order valence-corrected chi connectivity index (χ0v) is 15.5. The van der Waals surface area contributed by atoms with Gasteiger partial charge in [0.1, 0.15) is 5.82 Å². The Morgan fingerprint density at radius 1 is 1.10 bits per heavy atom. The molecule has 3 aromatic rings. The number of nitrogens with one attached hydrogen (secondary N) is 1. The summed E-state index contributed by atoms with van der Waals surface area (Å²) in [4.78, 5) is 30.2. The maximum atomic E-state index is 13.4. The van der Waals surface area contributed by atoms with E-state index in [0.717, 1.165) is 10.8 Å². The van der Waals surface area contributed by atoms with Crippen molar-refractivity contribution in [2.45, 2.75) is 12.5 Å². The molecule has 0 saturated carbocycles. The van der Waals surface area contributed by atoms with Gasteiger partial charge in [0.15, 0.2) is 0 Å². The fourth-order valence-corrected chi connectivity index (χ4v) is 3.19. The molecule has 0 spiro atoms. The summed E-state index contributed by atoms with van der Waals surface area (Å²) in [7, 11) is 1.28. The zero-order chi connectivity index (χ0) is 20.4. The van der Waals surface area contributed by atoms with Crippen LogP contribution >= 0.6 is 0 Å². The molecule has 0 fully saturated rings. The van der Waals surface area contributed by atoms with E-state index >= 15 is 0 Å². The molecule has 1 aliphatic heterocycles. The van der Waals surface area contributed by atoms with E-state index in [4.69, 9.17) is 9.57 Å². The van der Waals surface area contributed by atoms with Gasteiger partial charge in [-0.1, -0.05) is 41.6 Å². The third kappa shape index (κ3) is 3.80. The second-order valence-electron chi connectivity index (χ2n) is 6.57. The Kier molecular flexibility index (Phi) is 4.95. The van der Waals surface area contributed by atoms with E-state index in [-0.39, 0.29) is 12.0 Å². The number of benzene rings is 3.